The summed E-state index contributed by atoms with van der Waals surface area (Å²) < 4.78 is 4.85. The second kappa shape index (κ2) is 5.29. The van der Waals surface area contributed by atoms with Crippen LogP contribution in [0.25, 0.3) is 0 Å². The van der Waals surface area contributed by atoms with Gasteiger partial charge in [0.25, 0.3) is 0 Å². The minimum absolute atomic E-state index is 0.0280. The molecule has 4 atom stereocenters. The molecule has 1 aromatic carbocycles. The van der Waals surface area contributed by atoms with E-state index >= 15 is 0 Å². The summed E-state index contributed by atoms with van der Waals surface area (Å²) in [7, 11) is 1.40. The van der Waals surface area contributed by atoms with Gasteiger partial charge in [-0.1, -0.05) is 42.5 Å². The zero-order chi connectivity index (χ0) is 14.1. The Bertz CT molecular complexity index is 514. The van der Waals surface area contributed by atoms with Crippen LogP contribution in [0, 0.1) is 11.8 Å². The first-order valence-electron chi connectivity index (χ1n) is 6.96. The van der Waals surface area contributed by atoms with Crippen molar-refractivity contribution in [3.05, 3.63) is 48.0 Å². The smallest absolute Gasteiger partial charge is 0.410 e. The van der Waals surface area contributed by atoms with Gasteiger partial charge in [-0.05, 0) is 17.9 Å². The normalized spacial score (nSPS) is 29.3. The van der Waals surface area contributed by atoms with E-state index in [9.17, 15) is 9.90 Å². The number of carbonyl (C=O) groups excluding carboxylic acids is 1. The fraction of sp³-hybridized carbons (Fsp3) is 0.438. The van der Waals surface area contributed by atoms with E-state index in [4.69, 9.17) is 4.74 Å². The van der Waals surface area contributed by atoms with Crippen molar-refractivity contribution in [1.29, 1.82) is 0 Å². The Morgan fingerprint density at radius 3 is 2.75 bits per heavy atom. The van der Waals surface area contributed by atoms with E-state index in [-0.39, 0.29) is 18.1 Å². The lowest BCUT2D eigenvalue weighted by Gasteiger charge is -2.47. The maximum Gasteiger partial charge on any atom is 0.410 e. The zero-order valence-electron chi connectivity index (χ0n) is 11.5. The molecule has 4 heteroatoms. The van der Waals surface area contributed by atoms with Gasteiger partial charge in [-0.2, -0.15) is 0 Å². The molecule has 3 aliphatic rings. The highest BCUT2D eigenvalue weighted by atomic mass is 16.5. The van der Waals surface area contributed by atoms with E-state index in [0.717, 1.165) is 12.0 Å². The predicted molar refractivity (Wildman–Crippen MR) is 75.0 cm³/mol. The van der Waals surface area contributed by atoms with Crippen LogP contribution in [0.15, 0.2) is 42.5 Å². The number of aliphatic hydroxyl groups is 1. The summed E-state index contributed by atoms with van der Waals surface area (Å²) in [5, 5.41) is 10.6. The number of fused-ring (bicyclic) bond motifs is 2. The molecule has 4 rings (SSSR count). The molecule has 1 aromatic rings. The molecule has 20 heavy (non-hydrogen) atoms. The number of aliphatic hydroxyl groups excluding tert-OH is 1. The van der Waals surface area contributed by atoms with Gasteiger partial charge in [0.15, 0.2) is 0 Å². The van der Waals surface area contributed by atoms with Crippen molar-refractivity contribution in [2.24, 2.45) is 11.8 Å². The Labute approximate surface area is 118 Å². The van der Waals surface area contributed by atoms with Crippen LogP contribution >= 0.6 is 0 Å². The molecule has 1 fully saturated rings. The number of carbonyl (C=O) groups is 1. The summed E-state index contributed by atoms with van der Waals surface area (Å²) in [5.74, 6) is 0.336. The molecule has 0 radical (unpaired) electrons. The molecule has 1 saturated heterocycles. The molecule has 3 unspecified atom stereocenters. The largest absolute Gasteiger partial charge is 0.453 e. The highest BCUT2D eigenvalue weighted by molar-refractivity contribution is 5.69. The third kappa shape index (κ3) is 2.20. The molecular formula is C16H19NO3. The number of piperidine rings is 1. The molecule has 0 spiro atoms. The zero-order valence-corrected chi connectivity index (χ0v) is 11.5. The molecule has 1 N–H and O–H groups in total. The van der Waals surface area contributed by atoms with Gasteiger partial charge in [-0.25, -0.2) is 4.79 Å². The third-order valence-electron chi connectivity index (χ3n) is 4.34. The van der Waals surface area contributed by atoms with Crippen molar-refractivity contribution in [3.63, 3.8) is 0 Å². The molecule has 1 aliphatic carbocycles. The second-order valence-corrected chi connectivity index (χ2v) is 5.51. The topological polar surface area (TPSA) is 49.8 Å². The Morgan fingerprint density at radius 1 is 1.35 bits per heavy atom. The molecule has 0 saturated carbocycles. The number of hydrogen-bond acceptors (Lipinski definition) is 3. The van der Waals surface area contributed by atoms with Crippen molar-refractivity contribution in [2.75, 3.05) is 13.7 Å². The van der Waals surface area contributed by atoms with E-state index in [1.807, 2.05) is 36.4 Å². The second-order valence-electron chi connectivity index (χ2n) is 5.51. The Kier molecular flexibility index (Phi) is 3.49. The summed E-state index contributed by atoms with van der Waals surface area (Å²) >= 11 is 0. The average molecular weight is 273 g/mol. The number of methoxy groups -OCH3 is 1. The van der Waals surface area contributed by atoms with Crippen LogP contribution in [0.1, 0.15) is 18.1 Å². The third-order valence-corrected chi connectivity index (χ3v) is 4.34. The van der Waals surface area contributed by atoms with Crippen LogP contribution in [-0.2, 0) is 4.74 Å². The number of benzene rings is 1. The van der Waals surface area contributed by atoms with Gasteiger partial charge in [0, 0.05) is 12.5 Å². The Morgan fingerprint density at radius 2 is 2.10 bits per heavy atom. The number of rotatable bonds is 2. The maximum absolute atomic E-state index is 11.8. The van der Waals surface area contributed by atoms with Crippen LogP contribution in [-0.4, -0.2) is 35.8 Å². The van der Waals surface area contributed by atoms with Crippen LogP contribution in [0.2, 0.25) is 0 Å². The number of hydrogen-bond donors (Lipinski definition) is 1. The molecule has 106 valence electrons. The lowest BCUT2D eigenvalue weighted by atomic mass is 9.74. The molecule has 2 heterocycles. The van der Waals surface area contributed by atoms with E-state index in [1.54, 1.807) is 4.90 Å². The molecule has 1 amide bonds. The summed E-state index contributed by atoms with van der Waals surface area (Å²) in [6.07, 6.45) is 4.23. The highest BCUT2D eigenvalue weighted by Crippen LogP contribution is 2.41. The van der Waals surface area contributed by atoms with Gasteiger partial charge < -0.3 is 14.7 Å². The Balaban J connectivity index is 1.84. The van der Waals surface area contributed by atoms with Crippen LogP contribution in [0.4, 0.5) is 4.79 Å². The number of ether oxygens (including phenoxy) is 1. The maximum atomic E-state index is 11.8. The van der Waals surface area contributed by atoms with Crippen molar-refractivity contribution >= 4 is 6.09 Å². The highest BCUT2D eigenvalue weighted by Gasteiger charge is 2.43. The van der Waals surface area contributed by atoms with E-state index in [1.165, 1.54) is 7.11 Å². The standard InChI is InChI=1S/C16H19NO3/c1-20-16(19)17-10-11-7-8-14(17)13(9-11)15(18)12-5-3-2-4-6-12/h2-8,11,13-15,18H,9-10H2,1H3/t11?,13?,14?,15-/m1/s1. The van der Waals surface area contributed by atoms with E-state index < -0.39 is 6.10 Å². The van der Waals surface area contributed by atoms with Crippen LogP contribution < -0.4 is 0 Å². The van der Waals surface area contributed by atoms with Gasteiger partial charge in [0.1, 0.15) is 0 Å². The lowest BCUT2D eigenvalue weighted by Crippen LogP contribution is -2.54. The lowest BCUT2D eigenvalue weighted by molar-refractivity contribution is 0.00136. The molecule has 2 bridgehead atoms. The Hall–Kier alpha value is -1.81. The minimum Gasteiger partial charge on any atom is -0.453 e. The molecule has 0 aromatic heterocycles. The monoisotopic (exact) mass is 273 g/mol. The van der Waals surface area contributed by atoms with Crippen molar-refractivity contribution in [3.8, 4) is 0 Å². The quantitative estimate of drug-likeness (QED) is 0.842. The molecule has 2 aliphatic heterocycles. The van der Waals surface area contributed by atoms with Gasteiger partial charge in [-0.3, -0.25) is 0 Å². The van der Waals surface area contributed by atoms with Crippen molar-refractivity contribution in [2.45, 2.75) is 18.6 Å². The van der Waals surface area contributed by atoms with Crippen molar-refractivity contribution < 1.29 is 14.6 Å². The van der Waals surface area contributed by atoms with Gasteiger partial charge in [-0.15, -0.1) is 0 Å². The van der Waals surface area contributed by atoms with Crippen LogP contribution in [0.5, 0.6) is 0 Å². The van der Waals surface area contributed by atoms with Crippen LogP contribution in [0.3, 0.4) is 0 Å². The predicted octanol–water partition coefficient (Wildman–Crippen LogP) is 2.36. The minimum atomic E-state index is -0.555. The summed E-state index contributed by atoms with van der Waals surface area (Å²) in [6, 6.07) is 9.56. The van der Waals surface area contributed by atoms with E-state index in [2.05, 4.69) is 6.08 Å². The summed E-state index contributed by atoms with van der Waals surface area (Å²) in [4.78, 5) is 13.6. The number of amides is 1. The fourth-order valence-corrected chi connectivity index (χ4v) is 3.35. The summed E-state index contributed by atoms with van der Waals surface area (Å²) in [6.45, 7) is 0.686. The average Bonchev–Trinajstić information content (AvgIpc) is 2.54. The summed E-state index contributed by atoms with van der Waals surface area (Å²) in [5.41, 5.74) is 0.906. The molecule has 4 nitrogen and oxygen atoms in total. The fourth-order valence-electron chi connectivity index (χ4n) is 3.35. The number of nitrogens with zero attached hydrogens (tertiary/aromatic N) is 1. The first-order chi connectivity index (χ1) is 9.70. The first-order valence-corrected chi connectivity index (χ1v) is 6.96. The molecular weight excluding hydrogens is 254 g/mol. The first kappa shape index (κ1) is 13.2. The van der Waals surface area contributed by atoms with Gasteiger partial charge >= 0.3 is 6.09 Å². The van der Waals surface area contributed by atoms with Gasteiger partial charge in [0.05, 0.1) is 19.3 Å². The van der Waals surface area contributed by atoms with Gasteiger partial charge in [0.2, 0.25) is 0 Å². The van der Waals surface area contributed by atoms with E-state index in [0.29, 0.717) is 12.5 Å². The van der Waals surface area contributed by atoms with Crippen molar-refractivity contribution in [1.82, 2.24) is 4.90 Å². The SMILES string of the molecule is COC(=O)N1CC2C=CC1C([C@H](O)c1ccccc1)C2.